The Kier molecular flexibility index (Phi) is 6.18. The van der Waals surface area contributed by atoms with E-state index in [0.29, 0.717) is 24.0 Å². The minimum absolute atomic E-state index is 0.320. The Bertz CT molecular complexity index is 674. The molecular weight excluding hydrogens is 302 g/mol. The summed E-state index contributed by atoms with van der Waals surface area (Å²) in [6, 6.07) is 9.73. The van der Waals surface area contributed by atoms with Crippen LogP contribution in [0.25, 0.3) is 0 Å². The number of benzene rings is 1. The number of ether oxygens (including phenoxy) is 1. The number of carbonyl (C=O) groups is 1. The van der Waals surface area contributed by atoms with E-state index in [1.165, 1.54) is 0 Å². The zero-order valence-electron chi connectivity index (χ0n) is 14.5. The summed E-state index contributed by atoms with van der Waals surface area (Å²) in [7, 11) is 1.97. The normalized spacial score (nSPS) is 11.8. The fourth-order valence-corrected chi connectivity index (χ4v) is 2.45. The van der Waals surface area contributed by atoms with Gasteiger partial charge in [-0.1, -0.05) is 13.0 Å². The molecule has 2 rings (SSSR count). The van der Waals surface area contributed by atoms with Crippen molar-refractivity contribution < 1.29 is 9.53 Å². The Morgan fingerprint density at radius 1 is 1.38 bits per heavy atom. The number of amides is 1. The second-order valence-corrected chi connectivity index (χ2v) is 5.87. The fourth-order valence-electron chi connectivity index (χ4n) is 2.45. The fraction of sp³-hybridized carbons (Fsp3) is 0.368. The molecule has 0 aliphatic heterocycles. The van der Waals surface area contributed by atoms with E-state index in [-0.39, 0.29) is 0 Å². The molecule has 1 atom stereocenters. The van der Waals surface area contributed by atoms with Crippen LogP contribution in [0.15, 0.2) is 42.7 Å². The van der Waals surface area contributed by atoms with Crippen molar-refractivity contribution in [1.29, 1.82) is 0 Å². The van der Waals surface area contributed by atoms with Gasteiger partial charge < -0.3 is 15.4 Å². The molecule has 1 heterocycles. The molecule has 0 bridgehead atoms. The first-order valence-corrected chi connectivity index (χ1v) is 8.21. The van der Waals surface area contributed by atoms with Crippen LogP contribution in [0, 0.1) is 0 Å². The molecule has 1 aromatic carbocycles. The van der Waals surface area contributed by atoms with E-state index in [1.54, 1.807) is 12.3 Å². The van der Waals surface area contributed by atoms with Gasteiger partial charge >= 0.3 is 0 Å². The van der Waals surface area contributed by atoms with Crippen LogP contribution in [0.5, 0.6) is 5.75 Å². The lowest BCUT2D eigenvalue weighted by Crippen LogP contribution is -2.30. The molecule has 128 valence electrons. The maximum absolute atomic E-state index is 11.8. The van der Waals surface area contributed by atoms with Crippen molar-refractivity contribution in [2.24, 2.45) is 5.73 Å². The lowest BCUT2D eigenvalue weighted by molar-refractivity contribution is 0.1000. The topological polar surface area (TPSA) is 68.4 Å². The van der Waals surface area contributed by atoms with Gasteiger partial charge in [-0.05, 0) is 43.2 Å². The van der Waals surface area contributed by atoms with Gasteiger partial charge in [-0.3, -0.25) is 9.78 Å². The number of primary amides is 1. The largest absolute Gasteiger partial charge is 0.493 e. The molecular formula is C19H25N3O2. The average Bonchev–Trinajstić information content (AvgIpc) is 2.61. The van der Waals surface area contributed by atoms with Crippen LogP contribution in [0.3, 0.4) is 0 Å². The van der Waals surface area contributed by atoms with Crippen LogP contribution in [0.4, 0.5) is 5.69 Å². The standard InChI is InChI=1S/C19H25N3O2/c1-4-14(2)22(3)18-8-7-16(12-17(18)19(20)23)24-11-9-15-6-5-10-21-13-15/h5-8,10,12-14H,4,9,11H2,1-3H3,(H2,20,23)/t14-/m0/s1. The first-order chi connectivity index (χ1) is 11.5. The highest BCUT2D eigenvalue weighted by Crippen LogP contribution is 2.26. The summed E-state index contributed by atoms with van der Waals surface area (Å²) in [5, 5.41) is 0. The number of hydrogen-bond donors (Lipinski definition) is 1. The van der Waals surface area contributed by atoms with Crippen molar-refractivity contribution >= 4 is 11.6 Å². The van der Waals surface area contributed by atoms with Gasteiger partial charge in [-0.2, -0.15) is 0 Å². The average molecular weight is 327 g/mol. The lowest BCUT2D eigenvalue weighted by Gasteiger charge is -2.27. The van der Waals surface area contributed by atoms with Gasteiger partial charge in [0, 0.05) is 37.6 Å². The lowest BCUT2D eigenvalue weighted by atomic mass is 10.1. The molecule has 24 heavy (non-hydrogen) atoms. The Balaban J connectivity index is 2.09. The number of nitrogens with zero attached hydrogens (tertiary/aromatic N) is 2. The van der Waals surface area contributed by atoms with Gasteiger partial charge in [0.05, 0.1) is 12.2 Å². The Hall–Kier alpha value is -2.56. The SMILES string of the molecule is CC[C@H](C)N(C)c1ccc(OCCc2cccnc2)cc1C(N)=O. The van der Waals surface area contributed by atoms with E-state index in [1.807, 2.05) is 37.5 Å². The molecule has 0 spiro atoms. The van der Waals surface area contributed by atoms with E-state index >= 15 is 0 Å². The van der Waals surface area contributed by atoms with Gasteiger partial charge in [-0.15, -0.1) is 0 Å². The van der Waals surface area contributed by atoms with E-state index in [0.717, 1.165) is 24.1 Å². The predicted molar refractivity (Wildman–Crippen MR) is 96.6 cm³/mol. The first kappa shape index (κ1) is 17.8. The molecule has 5 nitrogen and oxygen atoms in total. The molecule has 5 heteroatoms. The Morgan fingerprint density at radius 3 is 2.79 bits per heavy atom. The number of aromatic nitrogens is 1. The minimum Gasteiger partial charge on any atom is -0.493 e. The minimum atomic E-state index is -0.446. The van der Waals surface area contributed by atoms with Crippen molar-refractivity contribution in [3.8, 4) is 5.75 Å². The zero-order valence-corrected chi connectivity index (χ0v) is 14.5. The summed E-state index contributed by atoms with van der Waals surface area (Å²) in [4.78, 5) is 18.0. The van der Waals surface area contributed by atoms with Crippen LogP contribution in [-0.4, -0.2) is 30.6 Å². The molecule has 0 fully saturated rings. The van der Waals surface area contributed by atoms with Gasteiger partial charge in [0.25, 0.3) is 5.91 Å². The molecule has 0 saturated heterocycles. The van der Waals surface area contributed by atoms with E-state index in [4.69, 9.17) is 10.5 Å². The zero-order chi connectivity index (χ0) is 17.5. The molecule has 0 aliphatic rings. The second-order valence-electron chi connectivity index (χ2n) is 5.87. The molecule has 0 unspecified atom stereocenters. The summed E-state index contributed by atoms with van der Waals surface area (Å²) in [5.74, 6) is 0.201. The third-order valence-electron chi connectivity index (χ3n) is 4.25. The van der Waals surface area contributed by atoms with Crippen LogP contribution in [-0.2, 0) is 6.42 Å². The Morgan fingerprint density at radius 2 is 2.17 bits per heavy atom. The van der Waals surface area contributed by atoms with Crippen molar-refractivity contribution in [1.82, 2.24) is 4.98 Å². The van der Waals surface area contributed by atoms with Crippen molar-refractivity contribution in [3.05, 3.63) is 53.9 Å². The number of hydrogen-bond acceptors (Lipinski definition) is 4. The molecule has 2 aromatic rings. The van der Waals surface area contributed by atoms with Crippen LogP contribution >= 0.6 is 0 Å². The van der Waals surface area contributed by atoms with Crippen LogP contribution in [0.1, 0.15) is 36.2 Å². The smallest absolute Gasteiger partial charge is 0.250 e. The number of pyridine rings is 1. The molecule has 0 aliphatic carbocycles. The highest BCUT2D eigenvalue weighted by Gasteiger charge is 2.16. The highest BCUT2D eigenvalue weighted by atomic mass is 16.5. The van der Waals surface area contributed by atoms with Gasteiger partial charge in [0.2, 0.25) is 0 Å². The summed E-state index contributed by atoms with van der Waals surface area (Å²) in [6.07, 6.45) is 5.31. The van der Waals surface area contributed by atoms with Crippen molar-refractivity contribution in [3.63, 3.8) is 0 Å². The van der Waals surface area contributed by atoms with E-state index < -0.39 is 5.91 Å². The molecule has 1 aromatic heterocycles. The van der Waals surface area contributed by atoms with Gasteiger partial charge in [-0.25, -0.2) is 0 Å². The van der Waals surface area contributed by atoms with Gasteiger partial charge in [0.1, 0.15) is 5.75 Å². The van der Waals surface area contributed by atoms with Gasteiger partial charge in [0.15, 0.2) is 0 Å². The number of anilines is 1. The summed E-state index contributed by atoms with van der Waals surface area (Å²) in [5.41, 5.74) is 7.98. The Labute approximate surface area is 143 Å². The third-order valence-corrected chi connectivity index (χ3v) is 4.25. The quantitative estimate of drug-likeness (QED) is 0.809. The molecule has 2 N–H and O–H groups in total. The second kappa shape index (κ2) is 8.34. The number of carbonyl (C=O) groups excluding carboxylic acids is 1. The first-order valence-electron chi connectivity index (χ1n) is 8.21. The van der Waals surface area contributed by atoms with Crippen molar-refractivity contribution in [2.45, 2.75) is 32.7 Å². The summed E-state index contributed by atoms with van der Waals surface area (Å²) in [6.45, 7) is 4.74. The van der Waals surface area contributed by atoms with Crippen LogP contribution in [0.2, 0.25) is 0 Å². The molecule has 0 radical (unpaired) electrons. The summed E-state index contributed by atoms with van der Waals surface area (Å²) < 4.78 is 5.77. The number of nitrogens with two attached hydrogens (primary N) is 1. The monoisotopic (exact) mass is 327 g/mol. The van der Waals surface area contributed by atoms with Crippen molar-refractivity contribution in [2.75, 3.05) is 18.6 Å². The maximum atomic E-state index is 11.8. The predicted octanol–water partition coefficient (Wildman–Crippen LogP) is 3.04. The highest BCUT2D eigenvalue weighted by molar-refractivity contribution is 5.99. The molecule has 0 saturated carbocycles. The van der Waals surface area contributed by atoms with E-state index in [2.05, 4.69) is 23.7 Å². The third kappa shape index (κ3) is 4.47. The van der Waals surface area contributed by atoms with Crippen LogP contribution < -0.4 is 15.4 Å². The maximum Gasteiger partial charge on any atom is 0.250 e. The van der Waals surface area contributed by atoms with E-state index in [9.17, 15) is 4.79 Å². The molecule has 1 amide bonds. The number of rotatable bonds is 8. The summed E-state index contributed by atoms with van der Waals surface area (Å²) >= 11 is 0.